The SMILES string of the molecule is Cc1ccc(S(=O)(=O)CC(=O)Cc2ccccc2)cc1. The van der Waals surface area contributed by atoms with Crippen molar-refractivity contribution < 1.29 is 13.2 Å². The summed E-state index contributed by atoms with van der Waals surface area (Å²) in [6, 6.07) is 15.7. The molecule has 0 heterocycles. The Labute approximate surface area is 119 Å². The fourth-order valence-electron chi connectivity index (χ4n) is 1.92. The second kappa shape index (κ2) is 6.01. The lowest BCUT2D eigenvalue weighted by atomic mass is 10.1. The smallest absolute Gasteiger partial charge is 0.185 e. The van der Waals surface area contributed by atoms with Crippen LogP contribution in [-0.2, 0) is 21.1 Å². The highest BCUT2D eigenvalue weighted by molar-refractivity contribution is 7.92. The summed E-state index contributed by atoms with van der Waals surface area (Å²) in [7, 11) is -3.55. The maximum absolute atomic E-state index is 12.1. The molecule has 0 spiro atoms. The number of benzene rings is 2. The molecule has 2 aromatic rings. The Balaban J connectivity index is 2.08. The topological polar surface area (TPSA) is 51.2 Å². The van der Waals surface area contributed by atoms with Gasteiger partial charge in [0.15, 0.2) is 15.6 Å². The average molecular weight is 288 g/mol. The Kier molecular flexibility index (Phi) is 4.35. The standard InChI is InChI=1S/C16H16O3S/c1-13-7-9-16(10-8-13)20(18,19)12-15(17)11-14-5-3-2-4-6-14/h2-10H,11-12H2,1H3. The van der Waals surface area contributed by atoms with Crippen molar-refractivity contribution in [1.82, 2.24) is 0 Å². The van der Waals surface area contributed by atoms with Crippen molar-refractivity contribution in [2.24, 2.45) is 0 Å². The van der Waals surface area contributed by atoms with Gasteiger partial charge in [-0.05, 0) is 24.6 Å². The Bertz CT molecular complexity index is 686. The molecular weight excluding hydrogens is 272 g/mol. The Hall–Kier alpha value is -1.94. The van der Waals surface area contributed by atoms with Gasteiger partial charge in [-0.15, -0.1) is 0 Å². The van der Waals surface area contributed by atoms with Crippen LogP contribution in [0.15, 0.2) is 59.5 Å². The van der Waals surface area contributed by atoms with Crippen molar-refractivity contribution in [2.45, 2.75) is 18.2 Å². The van der Waals surface area contributed by atoms with Crippen molar-refractivity contribution in [3.8, 4) is 0 Å². The molecule has 0 unspecified atom stereocenters. The van der Waals surface area contributed by atoms with E-state index in [0.29, 0.717) is 0 Å². The molecule has 0 atom stereocenters. The summed E-state index contributed by atoms with van der Waals surface area (Å²) in [5, 5.41) is 0. The Morgan fingerprint density at radius 1 is 0.950 bits per heavy atom. The maximum Gasteiger partial charge on any atom is 0.185 e. The Morgan fingerprint density at radius 2 is 1.55 bits per heavy atom. The maximum atomic E-state index is 12.1. The van der Waals surface area contributed by atoms with Crippen LogP contribution < -0.4 is 0 Å². The summed E-state index contributed by atoms with van der Waals surface area (Å²) < 4.78 is 24.2. The van der Waals surface area contributed by atoms with E-state index in [1.807, 2.05) is 37.3 Å². The number of hydrogen-bond acceptors (Lipinski definition) is 3. The molecule has 0 aliphatic heterocycles. The summed E-state index contributed by atoms with van der Waals surface area (Å²) in [4.78, 5) is 12.1. The molecule has 0 saturated carbocycles. The van der Waals surface area contributed by atoms with Crippen molar-refractivity contribution in [1.29, 1.82) is 0 Å². The third-order valence-corrected chi connectivity index (χ3v) is 4.67. The lowest BCUT2D eigenvalue weighted by molar-refractivity contribution is -0.116. The van der Waals surface area contributed by atoms with Gasteiger partial charge in [0.2, 0.25) is 0 Å². The molecule has 0 radical (unpaired) electrons. The molecule has 0 N–H and O–H groups in total. The molecule has 104 valence electrons. The summed E-state index contributed by atoms with van der Waals surface area (Å²) in [5.41, 5.74) is 1.82. The fraction of sp³-hybridized carbons (Fsp3) is 0.188. The van der Waals surface area contributed by atoms with E-state index in [-0.39, 0.29) is 17.1 Å². The van der Waals surface area contributed by atoms with E-state index in [1.165, 1.54) is 0 Å². The second-order valence-electron chi connectivity index (χ2n) is 4.77. The summed E-state index contributed by atoms with van der Waals surface area (Å²) in [6.07, 6.45) is 0.145. The molecule has 0 aromatic heterocycles. The zero-order chi connectivity index (χ0) is 14.6. The van der Waals surface area contributed by atoms with Crippen molar-refractivity contribution in [3.05, 3.63) is 65.7 Å². The zero-order valence-electron chi connectivity index (χ0n) is 11.2. The first-order valence-corrected chi connectivity index (χ1v) is 7.98. The predicted octanol–water partition coefficient (Wildman–Crippen LogP) is 2.58. The van der Waals surface area contributed by atoms with Crippen LogP contribution in [0.4, 0.5) is 0 Å². The zero-order valence-corrected chi connectivity index (χ0v) is 12.1. The predicted molar refractivity (Wildman–Crippen MR) is 78.4 cm³/mol. The summed E-state index contributed by atoms with van der Waals surface area (Å²) in [5.74, 6) is -0.748. The molecule has 0 aliphatic carbocycles. The van der Waals surface area contributed by atoms with Gasteiger partial charge in [0.05, 0.1) is 4.90 Å². The van der Waals surface area contributed by atoms with Crippen molar-refractivity contribution in [3.63, 3.8) is 0 Å². The highest BCUT2D eigenvalue weighted by Gasteiger charge is 2.19. The first-order valence-electron chi connectivity index (χ1n) is 6.32. The fourth-order valence-corrected chi connectivity index (χ4v) is 3.16. The number of aryl methyl sites for hydroxylation is 1. The minimum absolute atomic E-state index is 0.145. The molecule has 0 saturated heterocycles. The van der Waals surface area contributed by atoms with Gasteiger partial charge in [0.25, 0.3) is 0 Å². The van der Waals surface area contributed by atoms with Gasteiger partial charge in [0.1, 0.15) is 5.75 Å². The summed E-state index contributed by atoms with van der Waals surface area (Å²) >= 11 is 0. The average Bonchev–Trinajstić information content (AvgIpc) is 2.39. The first-order chi connectivity index (χ1) is 9.47. The molecule has 20 heavy (non-hydrogen) atoms. The monoisotopic (exact) mass is 288 g/mol. The largest absolute Gasteiger partial charge is 0.298 e. The number of hydrogen-bond donors (Lipinski definition) is 0. The third-order valence-electron chi connectivity index (χ3n) is 2.98. The van der Waals surface area contributed by atoms with E-state index in [4.69, 9.17) is 0 Å². The minimum Gasteiger partial charge on any atom is -0.298 e. The van der Waals surface area contributed by atoms with Crippen LogP contribution in [-0.4, -0.2) is 20.0 Å². The van der Waals surface area contributed by atoms with Gasteiger partial charge in [-0.3, -0.25) is 4.79 Å². The quantitative estimate of drug-likeness (QED) is 0.849. The lowest BCUT2D eigenvalue weighted by Gasteiger charge is -2.05. The molecular formula is C16H16O3S. The van der Waals surface area contributed by atoms with Crippen LogP contribution in [0.2, 0.25) is 0 Å². The molecule has 0 fully saturated rings. The van der Waals surface area contributed by atoms with Gasteiger partial charge >= 0.3 is 0 Å². The number of rotatable bonds is 5. The van der Waals surface area contributed by atoms with E-state index in [1.54, 1.807) is 24.3 Å². The highest BCUT2D eigenvalue weighted by Crippen LogP contribution is 2.13. The van der Waals surface area contributed by atoms with E-state index >= 15 is 0 Å². The number of carbonyl (C=O) groups is 1. The van der Waals surface area contributed by atoms with Crippen LogP contribution in [0.25, 0.3) is 0 Å². The molecule has 0 bridgehead atoms. The number of sulfone groups is 1. The molecule has 0 amide bonds. The number of ketones is 1. The van der Waals surface area contributed by atoms with Gasteiger partial charge in [-0.25, -0.2) is 8.42 Å². The molecule has 2 rings (SSSR count). The lowest BCUT2D eigenvalue weighted by Crippen LogP contribution is -2.18. The van der Waals surface area contributed by atoms with Crippen LogP contribution in [0.1, 0.15) is 11.1 Å². The van der Waals surface area contributed by atoms with Crippen molar-refractivity contribution in [2.75, 3.05) is 5.75 Å². The van der Waals surface area contributed by atoms with Crippen LogP contribution in [0.5, 0.6) is 0 Å². The normalized spacial score (nSPS) is 11.2. The van der Waals surface area contributed by atoms with Crippen LogP contribution >= 0.6 is 0 Å². The van der Waals surface area contributed by atoms with E-state index in [9.17, 15) is 13.2 Å². The van der Waals surface area contributed by atoms with E-state index in [0.717, 1.165) is 11.1 Å². The van der Waals surface area contributed by atoms with Gasteiger partial charge in [-0.1, -0.05) is 48.0 Å². The highest BCUT2D eigenvalue weighted by atomic mass is 32.2. The molecule has 3 nitrogen and oxygen atoms in total. The van der Waals surface area contributed by atoms with Gasteiger partial charge < -0.3 is 0 Å². The van der Waals surface area contributed by atoms with Gasteiger partial charge in [-0.2, -0.15) is 0 Å². The van der Waals surface area contributed by atoms with Crippen molar-refractivity contribution >= 4 is 15.6 Å². The van der Waals surface area contributed by atoms with Gasteiger partial charge in [0, 0.05) is 6.42 Å². The first kappa shape index (κ1) is 14.5. The number of carbonyl (C=O) groups excluding carboxylic acids is 1. The minimum atomic E-state index is -3.55. The van der Waals surface area contributed by atoms with E-state index in [2.05, 4.69) is 0 Å². The Morgan fingerprint density at radius 3 is 2.15 bits per heavy atom. The molecule has 4 heteroatoms. The number of Topliss-reactive ketones (excluding diaryl/α,β-unsaturated/α-hetero) is 1. The molecule has 2 aromatic carbocycles. The van der Waals surface area contributed by atoms with E-state index < -0.39 is 15.6 Å². The van der Waals surface area contributed by atoms with Crippen LogP contribution in [0, 0.1) is 6.92 Å². The molecule has 0 aliphatic rings. The third kappa shape index (κ3) is 3.78. The second-order valence-corrected chi connectivity index (χ2v) is 6.76. The van der Waals surface area contributed by atoms with Crippen LogP contribution in [0.3, 0.4) is 0 Å². The summed E-state index contributed by atoms with van der Waals surface area (Å²) in [6.45, 7) is 1.89.